The molecule has 0 aliphatic rings. The van der Waals surface area contributed by atoms with Crippen LogP contribution in [0.15, 0.2) is 84.1 Å². The highest BCUT2D eigenvalue weighted by molar-refractivity contribution is 9.10. The van der Waals surface area contributed by atoms with Crippen LogP contribution in [0.4, 0.5) is 38.7 Å². The predicted molar refractivity (Wildman–Crippen MR) is 263 cm³/mol. The van der Waals surface area contributed by atoms with Crippen molar-refractivity contribution in [1.29, 1.82) is 0 Å². The number of pyridine rings is 4. The van der Waals surface area contributed by atoms with E-state index in [-0.39, 0.29) is 0 Å². The molecule has 67 heavy (non-hydrogen) atoms. The Bertz CT molecular complexity index is 3040. The van der Waals surface area contributed by atoms with Gasteiger partial charge in [0.25, 0.3) is 0 Å². The van der Waals surface area contributed by atoms with E-state index in [9.17, 15) is 9.59 Å². The summed E-state index contributed by atoms with van der Waals surface area (Å²) in [5.41, 5.74) is 12.1. The summed E-state index contributed by atoms with van der Waals surface area (Å²) >= 11 is 9.23. The van der Waals surface area contributed by atoms with Crippen LogP contribution in [0.5, 0.6) is 0 Å². The zero-order chi connectivity index (χ0) is 48.8. The van der Waals surface area contributed by atoms with E-state index in [1.54, 1.807) is 113 Å². The van der Waals surface area contributed by atoms with Gasteiger partial charge in [0.1, 0.15) is 22.2 Å². The first-order chi connectivity index (χ1) is 31.5. The number of carbonyl (C=O) groups is 2. The second kappa shape index (κ2) is 20.5. The van der Waals surface area contributed by atoms with Gasteiger partial charge in [0.2, 0.25) is 0 Å². The van der Waals surface area contributed by atoms with Crippen LogP contribution in [0.1, 0.15) is 66.9 Å². The molecule has 0 aromatic carbocycles. The molecule has 0 spiro atoms. The fourth-order valence-corrected chi connectivity index (χ4v) is 6.74. The number of anilines is 5. The van der Waals surface area contributed by atoms with Crippen LogP contribution >= 0.6 is 27.5 Å². The van der Waals surface area contributed by atoms with Gasteiger partial charge in [-0.15, -0.1) is 5.10 Å². The number of nitrogen functional groups attached to an aromatic ring is 1. The topological polar surface area (TPSA) is 246 Å². The Labute approximate surface area is 400 Å². The maximum absolute atomic E-state index is 12.0. The van der Waals surface area contributed by atoms with Gasteiger partial charge >= 0.3 is 12.2 Å². The van der Waals surface area contributed by atoms with Crippen LogP contribution in [-0.4, -0.2) is 82.9 Å². The van der Waals surface area contributed by atoms with Crippen molar-refractivity contribution >= 4 is 90.9 Å². The standard InChI is InChI=1S/C19H20N8.C17H18ClN5O2.C9H14BrN3O2/c1-11(2)12-7-18(25-22-9-12)24-17-5-4-15-16(23-17)6-13(8-21-15)14-10-27(3)26-19(14)20;1-17(2,3)25-16(24)21-15-11(9-23(4)22-15)10-7-13-12(19-8-10)5-6-14(18)20-13;1-9(2,3)15-8(14)11-7-6(10)5-13(4)12-7/h4-11H,1-3H3,(H2,20,26)(H,23,24,25);5-9H,1-4H3,(H,21,22,24);5H,1-4H3,(H,11,12,14). The molecule has 8 rings (SSSR count). The number of carbonyl (C=O) groups excluding carboxylic acids is 2. The third-order valence-corrected chi connectivity index (χ3v) is 9.76. The predicted octanol–water partition coefficient (Wildman–Crippen LogP) is 9.83. The fraction of sp³-hybridized carbons (Fsp3) is 0.311. The Kier molecular flexibility index (Phi) is 15.0. The molecule has 0 fully saturated rings. The number of rotatable bonds is 7. The molecule has 0 saturated heterocycles. The monoisotopic (exact) mass is 994 g/mol. The smallest absolute Gasteiger partial charge is 0.413 e. The van der Waals surface area contributed by atoms with Gasteiger partial charge < -0.3 is 20.5 Å². The Balaban J connectivity index is 0.000000173. The molecular formula is C45H52BrClN16O4. The van der Waals surface area contributed by atoms with Crippen molar-refractivity contribution < 1.29 is 19.1 Å². The number of halogens is 2. The summed E-state index contributed by atoms with van der Waals surface area (Å²) in [4.78, 5) is 41.2. The van der Waals surface area contributed by atoms with Crippen molar-refractivity contribution in [2.45, 2.75) is 72.5 Å². The van der Waals surface area contributed by atoms with Gasteiger partial charge in [-0.3, -0.25) is 34.6 Å². The molecule has 8 aromatic heterocycles. The summed E-state index contributed by atoms with van der Waals surface area (Å²) in [6.07, 6.45) is 9.58. The number of nitrogens with one attached hydrogen (secondary N) is 3. The average molecular weight is 996 g/mol. The summed E-state index contributed by atoms with van der Waals surface area (Å²) in [6.45, 7) is 15.1. The lowest BCUT2D eigenvalue weighted by Crippen LogP contribution is -2.27. The van der Waals surface area contributed by atoms with E-state index < -0.39 is 23.4 Å². The van der Waals surface area contributed by atoms with E-state index in [1.165, 1.54) is 0 Å². The van der Waals surface area contributed by atoms with Crippen LogP contribution in [0, 0.1) is 0 Å². The van der Waals surface area contributed by atoms with Gasteiger partial charge in [-0.25, -0.2) is 19.6 Å². The summed E-state index contributed by atoms with van der Waals surface area (Å²) in [7, 11) is 5.37. The van der Waals surface area contributed by atoms with Gasteiger partial charge in [0.05, 0.1) is 32.7 Å². The van der Waals surface area contributed by atoms with Crippen molar-refractivity contribution in [3.63, 3.8) is 0 Å². The van der Waals surface area contributed by atoms with Crippen LogP contribution in [0.3, 0.4) is 0 Å². The highest BCUT2D eigenvalue weighted by Gasteiger charge is 2.21. The molecule has 0 bridgehead atoms. The van der Waals surface area contributed by atoms with E-state index in [0.29, 0.717) is 51.2 Å². The fourth-order valence-electron chi connectivity index (χ4n) is 6.11. The highest BCUT2D eigenvalue weighted by atomic mass is 79.9. The van der Waals surface area contributed by atoms with Crippen LogP contribution in [0.2, 0.25) is 5.15 Å². The van der Waals surface area contributed by atoms with Crippen molar-refractivity contribution in [1.82, 2.24) is 59.5 Å². The molecule has 20 nitrogen and oxygen atoms in total. The van der Waals surface area contributed by atoms with Gasteiger partial charge in [0.15, 0.2) is 23.3 Å². The number of fused-ring (bicyclic) bond motifs is 2. The first kappa shape index (κ1) is 49.2. The van der Waals surface area contributed by atoms with Crippen LogP contribution < -0.4 is 21.7 Å². The Morgan fingerprint density at radius 2 is 1.22 bits per heavy atom. The van der Waals surface area contributed by atoms with E-state index in [0.717, 1.165) is 43.3 Å². The summed E-state index contributed by atoms with van der Waals surface area (Å²) in [6, 6.07) is 13.1. The van der Waals surface area contributed by atoms with Crippen molar-refractivity contribution in [3.05, 3.63) is 94.8 Å². The van der Waals surface area contributed by atoms with Gasteiger partial charge in [0, 0.05) is 74.4 Å². The first-order valence-electron chi connectivity index (χ1n) is 20.8. The van der Waals surface area contributed by atoms with Gasteiger partial charge in [-0.2, -0.15) is 20.4 Å². The van der Waals surface area contributed by atoms with Crippen LogP contribution in [-0.2, 0) is 30.6 Å². The molecule has 2 amide bonds. The van der Waals surface area contributed by atoms with Gasteiger partial charge in [-0.1, -0.05) is 25.4 Å². The highest BCUT2D eigenvalue weighted by Crippen LogP contribution is 2.30. The lowest BCUT2D eigenvalue weighted by Gasteiger charge is -2.19. The average Bonchev–Trinajstić information content (AvgIpc) is 3.88. The molecule has 22 heteroatoms. The number of nitrogens with zero attached hydrogens (tertiary/aromatic N) is 12. The maximum Gasteiger partial charge on any atom is 0.413 e. The normalized spacial score (nSPS) is 11.4. The molecule has 0 unspecified atom stereocenters. The zero-order valence-electron chi connectivity index (χ0n) is 38.9. The van der Waals surface area contributed by atoms with E-state index in [2.05, 4.69) is 91.2 Å². The Morgan fingerprint density at radius 1 is 0.687 bits per heavy atom. The third-order valence-electron chi connectivity index (χ3n) is 8.97. The summed E-state index contributed by atoms with van der Waals surface area (Å²) in [5.74, 6) is 3.02. The Hall–Kier alpha value is -7.26. The minimum atomic E-state index is -0.593. The van der Waals surface area contributed by atoms with Crippen LogP contribution in [0.25, 0.3) is 44.3 Å². The zero-order valence-corrected chi connectivity index (χ0v) is 41.3. The van der Waals surface area contributed by atoms with E-state index in [1.807, 2.05) is 43.6 Å². The van der Waals surface area contributed by atoms with Crippen molar-refractivity contribution in [2.75, 3.05) is 21.7 Å². The number of nitrogens with two attached hydrogens (primary N) is 1. The lowest BCUT2D eigenvalue weighted by atomic mass is 10.1. The molecule has 5 N–H and O–H groups in total. The number of ether oxygens (including phenoxy) is 2. The largest absolute Gasteiger partial charge is 0.444 e. The molecule has 8 aromatic rings. The minimum absolute atomic E-state index is 0.377. The number of aromatic nitrogens is 12. The molecular weight excluding hydrogens is 944 g/mol. The quantitative estimate of drug-likeness (QED) is 0.109. The molecule has 0 aliphatic heterocycles. The lowest BCUT2D eigenvalue weighted by molar-refractivity contribution is 0.0623. The summed E-state index contributed by atoms with van der Waals surface area (Å²) < 4.78 is 16.0. The van der Waals surface area contributed by atoms with Gasteiger partial charge in [-0.05, 0) is 111 Å². The molecule has 8 heterocycles. The number of hydrogen-bond donors (Lipinski definition) is 4. The van der Waals surface area contributed by atoms with Crippen molar-refractivity contribution in [3.8, 4) is 22.3 Å². The molecule has 0 saturated carbocycles. The number of amides is 2. The SMILES string of the molecule is CC(C)c1cnnc(Nc2ccc3ncc(-c4cn(C)nc4N)cc3n2)c1.Cn1cc(-c2cnc3ccc(Cl)nc3c2)c(NC(=O)OC(C)(C)C)n1.Cn1cc(Br)c(NC(=O)OC(C)(C)C)n1. The van der Waals surface area contributed by atoms with E-state index >= 15 is 0 Å². The van der Waals surface area contributed by atoms with Crippen molar-refractivity contribution in [2.24, 2.45) is 21.1 Å². The summed E-state index contributed by atoms with van der Waals surface area (Å²) in [5, 5.41) is 29.5. The first-order valence-corrected chi connectivity index (χ1v) is 22.0. The maximum atomic E-state index is 12.0. The molecule has 0 atom stereocenters. The third kappa shape index (κ3) is 13.9. The molecule has 350 valence electrons. The van der Waals surface area contributed by atoms with E-state index in [4.69, 9.17) is 26.8 Å². The molecule has 0 radical (unpaired) electrons. The second-order valence-corrected chi connectivity index (χ2v) is 18.7. The number of hydrogen-bond acceptors (Lipinski definition) is 15. The number of aryl methyl sites for hydroxylation is 3. The Morgan fingerprint density at radius 3 is 1.79 bits per heavy atom. The molecule has 0 aliphatic carbocycles. The second-order valence-electron chi connectivity index (χ2n) is 17.4. The minimum Gasteiger partial charge on any atom is -0.444 e.